The topological polar surface area (TPSA) is 55.0 Å². The van der Waals surface area contributed by atoms with E-state index in [0.29, 0.717) is 11.6 Å². The van der Waals surface area contributed by atoms with Crippen molar-refractivity contribution in [3.05, 3.63) is 65.9 Å². The Labute approximate surface area is 146 Å². The average Bonchev–Trinajstić information content (AvgIpc) is 2.63. The monoisotopic (exact) mass is 336 g/mol. The first-order valence-electron chi connectivity index (χ1n) is 8.66. The quantitative estimate of drug-likeness (QED) is 0.792. The van der Waals surface area contributed by atoms with Gasteiger partial charge in [0.1, 0.15) is 5.82 Å². The van der Waals surface area contributed by atoms with Crippen molar-refractivity contribution >= 4 is 16.6 Å². The number of nitrogens with zero attached hydrogens (tertiary/aromatic N) is 3. The van der Waals surface area contributed by atoms with E-state index in [1.807, 2.05) is 18.5 Å². The Bertz CT molecular complexity index is 874. The van der Waals surface area contributed by atoms with E-state index < -0.39 is 0 Å². The van der Waals surface area contributed by atoms with Crippen LogP contribution in [0.1, 0.15) is 30.0 Å². The number of nitrogens with two attached hydrogens (primary N) is 1. The molecule has 5 heteroatoms. The van der Waals surface area contributed by atoms with Gasteiger partial charge in [0.05, 0.1) is 16.9 Å². The molecular weight excluding hydrogens is 315 g/mol. The van der Waals surface area contributed by atoms with E-state index in [1.54, 1.807) is 6.07 Å². The fraction of sp³-hybridized carbons (Fsp3) is 0.300. The van der Waals surface area contributed by atoms with Crippen molar-refractivity contribution in [3.8, 4) is 0 Å². The van der Waals surface area contributed by atoms with Crippen LogP contribution in [0.4, 0.5) is 10.1 Å². The maximum absolute atomic E-state index is 13.4. The summed E-state index contributed by atoms with van der Waals surface area (Å²) < 4.78 is 13.4. The highest BCUT2D eigenvalue weighted by Crippen LogP contribution is 2.32. The van der Waals surface area contributed by atoms with Gasteiger partial charge in [-0.3, -0.25) is 14.9 Å². The van der Waals surface area contributed by atoms with Gasteiger partial charge in [-0.25, -0.2) is 4.39 Å². The molecule has 128 valence electrons. The summed E-state index contributed by atoms with van der Waals surface area (Å²) >= 11 is 0. The van der Waals surface area contributed by atoms with Gasteiger partial charge in [-0.05, 0) is 67.9 Å². The Kier molecular flexibility index (Phi) is 4.32. The molecule has 2 aromatic heterocycles. The average molecular weight is 336 g/mol. The van der Waals surface area contributed by atoms with Gasteiger partial charge >= 0.3 is 0 Å². The number of anilines is 1. The minimum Gasteiger partial charge on any atom is -0.397 e. The molecule has 1 fully saturated rings. The first-order valence-corrected chi connectivity index (χ1v) is 8.66. The van der Waals surface area contributed by atoms with Gasteiger partial charge in [0.25, 0.3) is 0 Å². The number of benzene rings is 1. The molecule has 1 saturated heterocycles. The predicted octanol–water partition coefficient (Wildman–Crippen LogP) is 3.73. The Morgan fingerprint density at radius 3 is 2.60 bits per heavy atom. The third-order valence-electron chi connectivity index (χ3n) is 4.97. The van der Waals surface area contributed by atoms with E-state index >= 15 is 0 Å². The molecule has 0 radical (unpaired) electrons. The molecule has 3 heterocycles. The minimum atomic E-state index is -0.258. The molecule has 1 aromatic carbocycles. The first kappa shape index (κ1) is 16.0. The zero-order chi connectivity index (χ0) is 17.2. The predicted molar refractivity (Wildman–Crippen MR) is 97.6 cm³/mol. The van der Waals surface area contributed by atoms with Gasteiger partial charge < -0.3 is 5.73 Å². The standard InChI is InChI=1S/C20H21FN4/c21-17-1-2-19-16(11-17)12-18(22)20(24-19)15-5-9-25(10-6-15)13-14-3-7-23-8-4-14/h1-4,7-8,11-12,15H,5-6,9-10,13,22H2. The molecule has 0 spiro atoms. The molecule has 0 saturated carbocycles. The molecule has 0 atom stereocenters. The second-order valence-corrected chi connectivity index (χ2v) is 6.71. The van der Waals surface area contributed by atoms with Crippen LogP contribution >= 0.6 is 0 Å². The molecule has 3 aromatic rings. The van der Waals surface area contributed by atoms with Crippen molar-refractivity contribution in [3.63, 3.8) is 0 Å². The first-order chi connectivity index (χ1) is 12.2. The van der Waals surface area contributed by atoms with Crippen molar-refractivity contribution < 1.29 is 4.39 Å². The van der Waals surface area contributed by atoms with Crippen LogP contribution in [-0.2, 0) is 6.54 Å². The van der Waals surface area contributed by atoms with Crippen LogP contribution in [0.2, 0.25) is 0 Å². The third-order valence-corrected chi connectivity index (χ3v) is 4.97. The largest absolute Gasteiger partial charge is 0.397 e. The Morgan fingerprint density at radius 1 is 1.08 bits per heavy atom. The lowest BCUT2D eigenvalue weighted by atomic mass is 9.91. The molecule has 0 amide bonds. The number of halogens is 1. The van der Waals surface area contributed by atoms with Crippen molar-refractivity contribution in [2.75, 3.05) is 18.8 Å². The van der Waals surface area contributed by atoms with Crippen LogP contribution in [0.25, 0.3) is 10.9 Å². The molecule has 1 aliphatic heterocycles. The highest BCUT2D eigenvalue weighted by Gasteiger charge is 2.23. The van der Waals surface area contributed by atoms with E-state index in [0.717, 1.165) is 49.1 Å². The Hall–Kier alpha value is -2.53. The van der Waals surface area contributed by atoms with E-state index in [4.69, 9.17) is 10.7 Å². The number of aromatic nitrogens is 2. The number of piperidine rings is 1. The van der Waals surface area contributed by atoms with Crippen molar-refractivity contribution in [2.24, 2.45) is 0 Å². The van der Waals surface area contributed by atoms with Gasteiger partial charge in [0, 0.05) is 30.2 Å². The lowest BCUT2D eigenvalue weighted by molar-refractivity contribution is 0.203. The van der Waals surface area contributed by atoms with Crippen LogP contribution in [0.15, 0.2) is 48.8 Å². The molecule has 0 aliphatic carbocycles. The lowest BCUT2D eigenvalue weighted by Crippen LogP contribution is -2.32. The van der Waals surface area contributed by atoms with Gasteiger partial charge in [0.15, 0.2) is 0 Å². The normalized spacial score (nSPS) is 16.4. The number of fused-ring (bicyclic) bond motifs is 1. The van der Waals surface area contributed by atoms with Crippen LogP contribution in [-0.4, -0.2) is 28.0 Å². The van der Waals surface area contributed by atoms with Crippen molar-refractivity contribution in [1.82, 2.24) is 14.9 Å². The zero-order valence-corrected chi connectivity index (χ0v) is 14.0. The minimum absolute atomic E-state index is 0.258. The van der Waals surface area contributed by atoms with E-state index in [-0.39, 0.29) is 5.82 Å². The van der Waals surface area contributed by atoms with Gasteiger partial charge in [0.2, 0.25) is 0 Å². The molecule has 4 nitrogen and oxygen atoms in total. The number of likely N-dealkylation sites (tertiary alicyclic amines) is 1. The summed E-state index contributed by atoms with van der Waals surface area (Å²) in [5, 5.41) is 0.761. The number of hydrogen-bond acceptors (Lipinski definition) is 4. The van der Waals surface area contributed by atoms with Crippen LogP contribution in [0.5, 0.6) is 0 Å². The van der Waals surface area contributed by atoms with E-state index in [2.05, 4.69) is 22.0 Å². The van der Waals surface area contributed by atoms with Crippen LogP contribution < -0.4 is 5.73 Å². The third kappa shape index (κ3) is 3.46. The molecule has 0 unspecified atom stereocenters. The lowest BCUT2D eigenvalue weighted by Gasteiger charge is -2.32. The second kappa shape index (κ2) is 6.76. The summed E-state index contributed by atoms with van der Waals surface area (Å²) in [6, 6.07) is 10.6. The van der Waals surface area contributed by atoms with Gasteiger partial charge in [-0.1, -0.05) is 0 Å². The van der Waals surface area contributed by atoms with Crippen molar-refractivity contribution in [2.45, 2.75) is 25.3 Å². The molecule has 2 N–H and O–H groups in total. The van der Waals surface area contributed by atoms with E-state index in [1.165, 1.54) is 17.7 Å². The summed E-state index contributed by atoms with van der Waals surface area (Å²) in [4.78, 5) is 11.3. The Balaban J connectivity index is 1.48. The van der Waals surface area contributed by atoms with Crippen LogP contribution in [0.3, 0.4) is 0 Å². The summed E-state index contributed by atoms with van der Waals surface area (Å²) in [7, 11) is 0. The molecule has 0 bridgehead atoms. The second-order valence-electron chi connectivity index (χ2n) is 6.71. The fourth-order valence-corrected chi connectivity index (χ4v) is 3.62. The molecule has 1 aliphatic rings. The summed E-state index contributed by atoms with van der Waals surface area (Å²) in [6.45, 7) is 3.00. The SMILES string of the molecule is Nc1cc2cc(F)ccc2nc1C1CCN(Cc2ccncc2)CC1. The number of rotatable bonds is 3. The zero-order valence-electron chi connectivity index (χ0n) is 14.0. The highest BCUT2D eigenvalue weighted by molar-refractivity contribution is 5.82. The van der Waals surface area contributed by atoms with Crippen molar-refractivity contribution in [1.29, 1.82) is 0 Å². The van der Waals surface area contributed by atoms with Gasteiger partial charge in [-0.15, -0.1) is 0 Å². The molecule has 25 heavy (non-hydrogen) atoms. The number of nitrogen functional groups attached to an aromatic ring is 1. The summed E-state index contributed by atoms with van der Waals surface area (Å²) in [6.07, 6.45) is 5.75. The maximum atomic E-state index is 13.4. The molecular formula is C20H21FN4. The maximum Gasteiger partial charge on any atom is 0.123 e. The highest BCUT2D eigenvalue weighted by atomic mass is 19.1. The van der Waals surface area contributed by atoms with E-state index in [9.17, 15) is 4.39 Å². The van der Waals surface area contributed by atoms with Crippen LogP contribution in [0, 0.1) is 5.82 Å². The number of pyridine rings is 2. The summed E-state index contributed by atoms with van der Waals surface area (Å²) in [5.41, 5.74) is 9.95. The fourth-order valence-electron chi connectivity index (χ4n) is 3.62. The van der Waals surface area contributed by atoms with Gasteiger partial charge in [-0.2, -0.15) is 0 Å². The summed E-state index contributed by atoms with van der Waals surface area (Å²) in [5.74, 6) is 0.106. The number of hydrogen-bond donors (Lipinski definition) is 1. The smallest absolute Gasteiger partial charge is 0.123 e. The Morgan fingerprint density at radius 2 is 1.84 bits per heavy atom. The molecule has 4 rings (SSSR count).